The van der Waals surface area contributed by atoms with E-state index in [1.54, 1.807) is 13.0 Å². The Morgan fingerprint density at radius 2 is 2.14 bits per heavy atom. The molecule has 0 bridgehead atoms. The minimum absolute atomic E-state index is 0.406. The molecule has 0 fully saturated rings. The van der Waals surface area contributed by atoms with Crippen molar-refractivity contribution in [2.24, 2.45) is 0 Å². The smallest absolute Gasteiger partial charge is 0.330 e. The van der Waals surface area contributed by atoms with Crippen molar-refractivity contribution in [1.29, 1.82) is 0 Å². The average molecular weight is 199 g/mol. The summed E-state index contributed by atoms with van der Waals surface area (Å²) in [7, 11) is 0. The summed E-state index contributed by atoms with van der Waals surface area (Å²) in [5.74, 6) is -0.838. The number of carboxylic acid groups (broad SMARTS) is 1. The van der Waals surface area contributed by atoms with Crippen LogP contribution in [0.25, 0.3) is 0 Å². The SMILES string of the molecule is CCCC(CC)NC/C=C(/C)C(=O)O. The van der Waals surface area contributed by atoms with Crippen molar-refractivity contribution in [2.75, 3.05) is 6.54 Å². The molecule has 0 saturated carbocycles. The van der Waals surface area contributed by atoms with Crippen molar-refractivity contribution >= 4 is 5.97 Å². The molecule has 0 aromatic carbocycles. The highest BCUT2D eigenvalue weighted by molar-refractivity contribution is 5.85. The number of hydrogen-bond acceptors (Lipinski definition) is 2. The van der Waals surface area contributed by atoms with Crippen LogP contribution in [0.1, 0.15) is 40.0 Å². The molecule has 1 atom stereocenters. The van der Waals surface area contributed by atoms with Crippen LogP contribution in [-0.4, -0.2) is 23.7 Å². The lowest BCUT2D eigenvalue weighted by molar-refractivity contribution is -0.132. The van der Waals surface area contributed by atoms with Gasteiger partial charge in [0.15, 0.2) is 0 Å². The van der Waals surface area contributed by atoms with Crippen LogP contribution in [0.5, 0.6) is 0 Å². The van der Waals surface area contributed by atoms with Gasteiger partial charge in [-0.15, -0.1) is 0 Å². The number of nitrogens with one attached hydrogen (secondary N) is 1. The molecule has 0 rings (SSSR count). The highest BCUT2D eigenvalue weighted by Gasteiger charge is 2.03. The minimum Gasteiger partial charge on any atom is -0.478 e. The Labute approximate surface area is 86.2 Å². The van der Waals surface area contributed by atoms with Gasteiger partial charge in [0.05, 0.1) is 0 Å². The molecule has 3 heteroatoms. The number of carbonyl (C=O) groups is 1. The molecule has 82 valence electrons. The molecule has 0 aliphatic rings. The van der Waals surface area contributed by atoms with Crippen molar-refractivity contribution < 1.29 is 9.90 Å². The minimum atomic E-state index is -0.838. The van der Waals surface area contributed by atoms with Gasteiger partial charge < -0.3 is 10.4 Å². The second kappa shape index (κ2) is 7.56. The normalized spacial score (nSPS) is 14.1. The Kier molecular flexibility index (Phi) is 7.11. The summed E-state index contributed by atoms with van der Waals surface area (Å²) < 4.78 is 0. The van der Waals surface area contributed by atoms with Crippen molar-refractivity contribution in [3.63, 3.8) is 0 Å². The van der Waals surface area contributed by atoms with Gasteiger partial charge in [-0.05, 0) is 19.8 Å². The third-order valence-electron chi connectivity index (χ3n) is 2.28. The van der Waals surface area contributed by atoms with Crippen molar-refractivity contribution in [3.05, 3.63) is 11.6 Å². The van der Waals surface area contributed by atoms with E-state index in [9.17, 15) is 4.79 Å². The predicted octanol–water partition coefficient (Wildman–Crippen LogP) is 2.19. The highest BCUT2D eigenvalue weighted by atomic mass is 16.4. The lowest BCUT2D eigenvalue weighted by Crippen LogP contribution is -2.28. The van der Waals surface area contributed by atoms with Crippen LogP contribution in [0.2, 0.25) is 0 Å². The Balaban J connectivity index is 3.80. The Hall–Kier alpha value is -0.830. The van der Waals surface area contributed by atoms with Crippen LogP contribution < -0.4 is 5.32 Å². The van der Waals surface area contributed by atoms with Gasteiger partial charge in [-0.1, -0.05) is 26.3 Å². The van der Waals surface area contributed by atoms with E-state index in [1.807, 2.05) is 0 Å². The largest absolute Gasteiger partial charge is 0.478 e. The van der Waals surface area contributed by atoms with E-state index in [4.69, 9.17) is 5.11 Å². The van der Waals surface area contributed by atoms with Crippen LogP contribution in [0, 0.1) is 0 Å². The van der Waals surface area contributed by atoms with Crippen molar-refractivity contribution in [1.82, 2.24) is 5.32 Å². The molecule has 0 spiro atoms. The second-order valence-electron chi connectivity index (χ2n) is 3.49. The fourth-order valence-electron chi connectivity index (χ4n) is 1.26. The first-order valence-corrected chi connectivity index (χ1v) is 5.25. The Morgan fingerprint density at radius 1 is 1.50 bits per heavy atom. The molecule has 0 aromatic heterocycles. The second-order valence-corrected chi connectivity index (χ2v) is 3.49. The van der Waals surface area contributed by atoms with E-state index < -0.39 is 5.97 Å². The molecule has 14 heavy (non-hydrogen) atoms. The number of aliphatic carboxylic acids is 1. The maximum atomic E-state index is 10.5. The van der Waals surface area contributed by atoms with E-state index in [0.717, 1.165) is 19.3 Å². The summed E-state index contributed by atoms with van der Waals surface area (Å²) in [4.78, 5) is 10.5. The molecule has 0 heterocycles. The fourth-order valence-corrected chi connectivity index (χ4v) is 1.26. The van der Waals surface area contributed by atoms with E-state index in [1.165, 1.54) is 0 Å². The molecule has 0 radical (unpaired) electrons. The molecule has 0 aliphatic heterocycles. The third kappa shape index (κ3) is 5.75. The van der Waals surface area contributed by atoms with Gasteiger partial charge in [0.2, 0.25) is 0 Å². The maximum Gasteiger partial charge on any atom is 0.330 e. The molecular weight excluding hydrogens is 178 g/mol. The standard InChI is InChI=1S/C11H21NO2/c1-4-6-10(5-2)12-8-7-9(3)11(13)14/h7,10,12H,4-6,8H2,1-3H3,(H,13,14)/b9-7-. The number of carboxylic acids is 1. The molecule has 1 unspecified atom stereocenters. The summed E-state index contributed by atoms with van der Waals surface area (Å²) in [6, 6.07) is 0.512. The quantitative estimate of drug-likeness (QED) is 0.618. The predicted molar refractivity (Wildman–Crippen MR) is 58.4 cm³/mol. The highest BCUT2D eigenvalue weighted by Crippen LogP contribution is 2.00. The maximum absolute atomic E-state index is 10.5. The average Bonchev–Trinajstić information content (AvgIpc) is 2.16. The lowest BCUT2D eigenvalue weighted by atomic mass is 10.1. The number of rotatable bonds is 7. The summed E-state index contributed by atoms with van der Waals surface area (Å²) in [5.41, 5.74) is 0.406. The van der Waals surface area contributed by atoms with Gasteiger partial charge in [-0.3, -0.25) is 0 Å². The van der Waals surface area contributed by atoms with E-state index >= 15 is 0 Å². The number of hydrogen-bond donors (Lipinski definition) is 2. The third-order valence-corrected chi connectivity index (χ3v) is 2.28. The van der Waals surface area contributed by atoms with Crippen molar-refractivity contribution in [3.8, 4) is 0 Å². The van der Waals surface area contributed by atoms with Crippen molar-refractivity contribution in [2.45, 2.75) is 46.1 Å². The fraction of sp³-hybridized carbons (Fsp3) is 0.727. The van der Waals surface area contributed by atoms with Gasteiger partial charge in [-0.2, -0.15) is 0 Å². The van der Waals surface area contributed by atoms with Crippen LogP contribution >= 0.6 is 0 Å². The van der Waals surface area contributed by atoms with Crippen LogP contribution in [-0.2, 0) is 4.79 Å². The van der Waals surface area contributed by atoms with Gasteiger partial charge in [0.25, 0.3) is 0 Å². The van der Waals surface area contributed by atoms with Gasteiger partial charge in [-0.25, -0.2) is 4.79 Å². The molecule has 0 saturated heterocycles. The van der Waals surface area contributed by atoms with Crippen LogP contribution in [0.4, 0.5) is 0 Å². The van der Waals surface area contributed by atoms with E-state index in [0.29, 0.717) is 18.2 Å². The summed E-state index contributed by atoms with van der Waals surface area (Å²) in [6.07, 6.45) is 5.12. The first kappa shape index (κ1) is 13.2. The molecule has 0 aliphatic carbocycles. The molecule has 3 nitrogen and oxygen atoms in total. The molecular formula is C11H21NO2. The van der Waals surface area contributed by atoms with Crippen LogP contribution in [0.3, 0.4) is 0 Å². The van der Waals surface area contributed by atoms with Gasteiger partial charge >= 0.3 is 5.97 Å². The summed E-state index contributed by atoms with van der Waals surface area (Å²) in [6.45, 7) is 6.56. The first-order chi connectivity index (χ1) is 6.61. The van der Waals surface area contributed by atoms with Crippen LogP contribution in [0.15, 0.2) is 11.6 Å². The van der Waals surface area contributed by atoms with E-state index in [-0.39, 0.29) is 0 Å². The summed E-state index contributed by atoms with van der Waals surface area (Å²) in [5, 5.41) is 11.9. The molecule has 0 amide bonds. The van der Waals surface area contributed by atoms with Gasteiger partial charge in [0.1, 0.15) is 0 Å². The zero-order valence-corrected chi connectivity index (χ0v) is 9.34. The zero-order chi connectivity index (χ0) is 11.0. The van der Waals surface area contributed by atoms with Gasteiger partial charge in [0, 0.05) is 18.2 Å². The monoisotopic (exact) mass is 199 g/mol. The molecule has 0 aromatic rings. The Bertz CT molecular complexity index is 199. The zero-order valence-electron chi connectivity index (χ0n) is 9.34. The topological polar surface area (TPSA) is 49.3 Å². The lowest BCUT2D eigenvalue weighted by Gasteiger charge is -2.14. The first-order valence-electron chi connectivity index (χ1n) is 5.25. The van der Waals surface area contributed by atoms with E-state index in [2.05, 4.69) is 19.2 Å². The molecule has 2 N–H and O–H groups in total. The Morgan fingerprint density at radius 3 is 2.57 bits per heavy atom. The summed E-state index contributed by atoms with van der Waals surface area (Å²) >= 11 is 0.